The Bertz CT molecular complexity index is 1630. The summed E-state index contributed by atoms with van der Waals surface area (Å²) in [6.45, 7) is 3.22. The molecule has 0 atom stereocenters. The summed E-state index contributed by atoms with van der Waals surface area (Å²) < 4.78 is 40.3. The summed E-state index contributed by atoms with van der Waals surface area (Å²) in [5.74, 6) is 1.21. The summed E-state index contributed by atoms with van der Waals surface area (Å²) in [6.07, 6.45) is 2.92. The zero-order chi connectivity index (χ0) is 26.5. The van der Waals surface area contributed by atoms with E-state index in [9.17, 15) is 8.42 Å². The molecule has 5 rings (SSSR count). The lowest BCUT2D eigenvalue weighted by Crippen LogP contribution is -2.25. The molecule has 0 fully saturated rings. The fourth-order valence-corrected chi connectivity index (χ4v) is 5.26. The van der Waals surface area contributed by atoms with Gasteiger partial charge in [0.2, 0.25) is 10.0 Å². The van der Waals surface area contributed by atoms with Gasteiger partial charge in [-0.3, -0.25) is 0 Å². The summed E-state index contributed by atoms with van der Waals surface area (Å²) in [6, 6.07) is 18.1. The van der Waals surface area contributed by atoms with Crippen LogP contribution in [0.1, 0.15) is 19.8 Å². The van der Waals surface area contributed by atoms with Crippen LogP contribution in [0.2, 0.25) is 0 Å². The molecule has 5 aromatic rings. The molecular formula is C26H27N7O4S. The van der Waals surface area contributed by atoms with Crippen molar-refractivity contribution in [3.8, 4) is 28.5 Å². The van der Waals surface area contributed by atoms with Crippen molar-refractivity contribution in [3.63, 3.8) is 0 Å². The first-order valence-corrected chi connectivity index (χ1v) is 13.7. The Balaban J connectivity index is 1.36. The topological polar surface area (TPSA) is 151 Å². The molecule has 0 spiro atoms. The van der Waals surface area contributed by atoms with Gasteiger partial charge in [0.1, 0.15) is 11.0 Å². The number of pyridine rings is 1. The number of anilines is 1. The summed E-state index contributed by atoms with van der Waals surface area (Å²) in [5.41, 5.74) is 9.34. The molecule has 0 aliphatic rings. The van der Waals surface area contributed by atoms with Crippen molar-refractivity contribution in [1.82, 2.24) is 29.6 Å². The van der Waals surface area contributed by atoms with E-state index in [1.807, 2.05) is 41.8 Å². The second-order valence-electron chi connectivity index (χ2n) is 8.48. The van der Waals surface area contributed by atoms with Gasteiger partial charge in [-0.05, 0) is 42.2 Å². The number of benzene rings is 2. The Hall–Kier alpha value is -4.29. The van der Waals surface area contributed by atoms with Gasteiger partial charge in [0, 0.05) is 18.7 Å². The van der Waals surface area contributed by atoms with Gasteiger partial charge in [-0.25, -0.2) is 27.7 Å². The lowest BCUT2D eigenvalue weighted by atomic mass is 10.1. The molecule has 0 aliphatic heterocycles. The molecule has 0 saturated carbocycles. The van der Waals surface area contributed by atoms with Crippen LogP contribution < -0.4 is 15.2 Å². The molecule has 0 bridgehead atoms. The average Bonchev–Trinajstić information content (AvgIpc) is 3.54. The third-order valence-corrected chi connectivity index (χ3v) is 7.48. The standard InChI is InChI=1S/C26H27N7O4S/c1-2-33-24-20(36-16-10-9-15-29-38(34,35)19-13-7-4-8-14-19)17-28-21(18-11-5-3-6-12-18)22(24)30-26(33)23-25(27)32-37-31-23/h3-8,11-14,17,29H,2,9-10,15-16H2,1H3,(H2,27,32). The molecular weight excluding hydrogens is 506 g/mol. The van der Waals surface area contributed by atoms with Crippen molar-refractivity contribution in [2.75, 3.05) is 18.9 Å². The molecule has 38 heavy (non-hydrogen) atoms. The zero-order valence-corrected chi connectivity index (χ0v) is 21.6. The number of nitrogens with one attached hydrogen (secondary N) is 1. The average molecular weight is 534 g/mol. The molecule has 196 valence electrons. The van der Waals surface area contributed by atoms with Crippen LogP contribution in [-0.2, 0) is 16.6 Å². The molecule has 2 aromatic carbocycles. The number of sulfonamides is 1. The summed E-state index contributed by atoms with van der Waals surface area (Å²) in [7, 11) is -3.53. The monoisotopic (exact) mass is 533 g/mol. The van der Waals surface area contributed by atoms with E-state index in [1.54, 1.807) is 36.5 Å². The first-order valence-electron chi connectivity index (χ1n) is 12.2. The van der Waals surface area contributed by atoms with Crippen LogP contribution in [0.15, 0.2) is 76.4 Å². The van der Waals surface area contributed by atoms with E-state index in [1.165, 1.54) is 0 Å². The molecule has 3 aromatic heterocycles. The lowest BCUT2D eigenvalue weighted by Gasteiger charge is -2.12. The van der Waals surface area contributed by atoms with Crippen molar-refractivity contribution >= 4 is 26.9 Å². The molecule has 0 unspecified atom stereocenters. The fourth-order valence-electron chi connectivity index (χ4n) is 4.16. The number of ether oxygens (including phenoxy) is 1. The third kappa shape index (κ3) is 5.08. The van der Waals surface area contributed by atoms with Crippen LogP contribution >= 0.6 is 0 Å². The van der Waals surface area contributed by atoms with Crippen molar-refractivity contribution in [2.45, 2.75) is 31.2 Å². The molecule has 3 heterocycles. The molecule has 0 amide bonds. The Morgan fingerprint density at radius 1 is 1.00 bits per heavy atom. The first-order chi connectivity index (χ1) is 18.5. The number of imidazole rings is 1. The van der Waals surface area contributed by atoms with Gasteiger partial charge >= 0.3 is 0 Å². The third-order valence-electron chi connectivity index (χ3n) is 6.00. The van der Waals surface area contributed by atoms with Crippen molar-refractivity contribution in [3.05, 3.63) is 66.9 Å². The van der Waals surface area contributed by atoms with E-state index in [0.29, 0.717) is 61.0 Å². The molecule has 11 nitrogen and oxygen atoms in total. The second-order valence-corrected chi connectivity index (χ2v) is 10.2. The van der Waals surface area contributed by atoms with Crippen molar-refractivity contribution in [2.24, 2.45) is 0 Å². The summed E-state index contributed by atoms with van der Waals surface area (Å²) >= 11 is 0. The maximum atomic E-state index is 12.4. The number of hydrogen-bond acceptors (Lipinski definition) is 9. The number of nitrogens with two attached hydrogens (primary N) is 1. The van der Waals surface area contributed by atoms with Crippen LogP contribution in [0, 0.1) is 0 Å². The number of aromatic nitrogens is 5. The lowest BCUT2D eigenvalue weighted by molar-refractivity contribution is 0.308. The highest BCUT2D eigenvalue weighted by Gasteiger charge is 2.24. The fraction of sp³-hybridized carbons (Fsp3) is 0.231. The van der Waals surface area contributed by atoms with Crippen LogP contribution in [-0.4, -0.2) is 46.4 Å². The minimum atomic E-state index is -3.53. The maximum Gasteiger partial charge on any atom is 0.240 e. The van der Waals surface area contributed by atoms with Gasteiger partial charge in [0.25, 0.3) is 0 Å². The molecule has 0 aliphatic carbocycles. The zero-order valence-electron chi connectivity index (χ0n) is 20.7. The van der Waals surface area contributed by atoms with Crippen LogP contribution in [0.25, 0.3) is 33.8 Å². The first kappa shape index (κ1) is 25.4. The number of aryl methyl sites for hydroxylation is 1. The minimum absolute atomic E-state index is 0.143. The van der Waals surface area contributed by atoms with Crippen LogP contribution in [0.3, 0.4) is 0 Å². The molecule has 0 radical (unpaired) electrons. The largest absolute Gasteiger partial charge is 0.490 e. The summed E-state index contributed by atoms with van der Waals surface area (Å²) in [4.78, 5) is 9.75. The van der Waals surface area contributed by atoms with E-state index >= 15 is 0 Å². The Morgan fingerprint density at radius 2 is 1.74 bits per heavy atom. The Labute approximate surface area is 219 Å². The number of nitrogen functional groups attached to an aromatic ring is 1. The van der Waals surface area contributed by atoms with Gasteiger partial charge in [-0.1, -0.05) is 48.5 Å². The Kier molecular flexibility index (Phi) is 7.33. The molecule has 3 N–H and O–H groups in total. The van der Waals surface area contributed by atoms with Gasteiger partial charge in [-0.15, -0.1) is 0 Å². The van der Waals surface area contributed by atoms with Crippen LogP contribution in [0.4, 0.5) is 5.82 Å². The highest BCUT2D eigenvalue weighted by Crippen LogP contribution is 2.36. The quantitative estimate of drug-likeness (QED) is 0.241. The van der Waals surface area contributed by atoms with Gasteiger partial charge < -0.3 is 15.0 Å². The highest BCUT2D eigenvalue weighted by molar-refractivity contribution is 7.89. The number of hydrogen-bond donors (Lipinski definition) is 2. The SMILES string of the molecule is CCn1c(-c2nonc2N)nc2c(-c3ccccc3)ncc(OCCCCNS(=O)(=O)c3ccccc3)c21. The van der Waals surface area contributed by atoms with Gasteiger partial charge in [0.15, 0.2) is 23.1 Å². The van der Waals surface area contributed by atoms with Gasteiger partial charge in [-0.2, -0.15) is 0 Å². The Morgan fingerprint density at radius 3 is 2.42 bits per heavy atom. The summed E-state index contributed by atoms with van der Waals surface area (Å²) in [5, 5.41) is 7.65. The maximum absolute atomic E-state index is 12.4. The van der Waals surface area contributed by atoms with E-state index in [0.717, 1.165) is 11.1 Å². The predicted molar refractivity (Wildman–Crippen MR) is 143 cm³/mol. The predicted octanol–water partition coefficient (Wildman–Crippen LogP) is 3.89. The van der Waals surface area contributed by atoms with E-state index in [-0.39, 0.29) is 10.7 Å². The van der Waals surface area contributed by atoms with Crippen LogP contribution in [0.5, 0.6) is 5.75 Å². The second kappa shape index (κ2) is 11.0. The molecule has 12 heteroatoms. The van der Waals surface area contributed by atoms with Crippen molar-refractivity contribution in [1.29, 1.82) is 0 Å². The number of unbranched alkanes of at least 4 members (excludes halogenated alkanes) is 1. The van der Waals surface area contributed by atoms with E-state index < -0.39 is 10.0 Å². The number of fused-ring (bicyclic) bond motifs is 1. The minimum Gasteiger partial charge on any atom is -0.490 e. The van der Waals surface area contributed by atoms with E-state index in [2.05, 4.69) is 20.0 Å². The highest BCUT2D eigenvalue weighted by atomic mass is 32.2. The van der Waals surface area contributed by atoms with Crippen molar-refractivity contribution < 1.29 is 17.8 Å². The number of nitrogens with zero attached hydrogens (tertiary/aromatic N) is 5. The number of rotatable bonds is 11. The smallest absolute Gasteiger partial charge is 0.240 e. The normalized spacial score (nSPS) is 11.7. The van der Waals surface area contributed by atoms with Gasteiger partial charge in [0.05, 0.1) is 23.4 Å². The molecule has 0 saturated heterocycles. The van der Waals surface area contributed by atoms with E-state index in [4.69, 9.17) is 20.1 Å².